The van der Waals surface area contributed by atoms with E-state index in [1.807, 2.05) is 30.5 Å². The van der Waals surface area contributed by atoms with Crippen LogP contribution in [0.3, 0.4) is 0 Å². The molecule has 1 N–H and O–H groups in total. The molecule has 80 valence electrons. The van der Waals surface area contributed by atoms with Crippen LogP contribution in [0.1, 0.15) is 0 Å². The molecule has 0 atom stereocenters. The number of H-pyrrole nitrogens is 1. The van der Waals surface area contributed by atoms with Crippen LogP contribution in [0.2, 0.25) is 0 Å². The number of aromatic amines is 1. The third-order valence-electron chi connectivity index (χ3n) is 3.12. The third kappa shape index (κ3) is 1.11. The highest BCUT2D eigenvalue weighted by Crippen LogP contribution is 2.28. The van der Waals surface area contributed by atoms with Crippen LogP contribution in [0.15, 0.2) is 48.8 Å². The summed E-state index contributed by atoms with van der Waals surface area (Å²) in [5.41, 5.74) is 3.04. The van der Waals surface area contributed by atoms with E-state index in [1.165, 1.54) is 0 Å². The van der Waals surface area contributed by atoms with E-state index >= 15 is 0 Å². The van der Waals surface area contributed by atoms with E-state index in [1.54, 1.807) is 6.20 Å². The molecule has 0 radical (unpaired) electrons. The predicted octanol–water partition coefficient (Wildman–Crippen LogP) is 3.26. The molecule has 0 fully saturated rings. The Balaban J connectivity index is 2.34. The maximum atomic E-state index is 4.48. The van der Waals surface area contributed by atoms with E-state index in [0.29, 0.717) is 0 Å². The molecule has 0 saturated heterocycles. The van der Waals surface area contributed by atoms with Crippen LogP contribution < -0.4 is 0 Å². The fourth-order valence-electron chi connectivity index (χ4n) is 2.32. The van der Waals surface area contributed by atoms with Crippen LogP contribution >= 0.6 is 0 Å². The van der Waals surface area contributed by atoms with Gasteiger partial charge in [-0.15, -0.1) is 0 Å². The summed E-state index contributed by atoms with van der Waals surface area (Å²) in [5.74, 6) is 0. The molecule has 0 saturated carbocycles. The second-order valence-electron chi connectivity index (χ2n) is 4.09. The Hall–Kier alpha value is -2.42. The molecule has 1 aromatic carbocycles. The van der Waals surface area contributed by atoms with Gasteiger partial charge in [-0.3, -0.25) is 4.98 Å². The summed E-state index contributed by atoms with van der Waals surface area (Å²) in [5, 5.41) is 3.40. The number of nitrogens with one attached hydrogen (secondary N) is 1. The highest BCUT2D eigenvalue weighted by molar-refractivity contribution is 6.14. The summed E-state index contributed by atoms with van der Waals surface area (Å²) in [6, 6.07) is 12.2. The minimum atomic E-state index is 0.917. The number of rotatable bonds is 0. The molecule has 4 rings (SSSR count). The monoisotopic (exact) mass is 219 g/mol. The zero-order valence-corrected chi connectivity index (χ0v) is 9.01. The number of nitrogens with zero attached hydrogens (tertiary/aromatic N) is 2. The van der Waals surface area contributed by atoms with Gasteiger partial charge in [0.2, 0.25) is 0 Å². The normalized spacial score (nSPS) is 11.5. The van der Waals surface area contributed by atoms with Crippen molar-refractivity contribution in [1.82, 2.24) is 15.0 Å². The van der Waals surface area contributed by atoms with Crippen LogP contribution in [0, 0.1) is 0 Å². The van der Waals surface area contributed by atoms with Gasteiger partial charge in [-0.25, -0.2) is 4.98 Å². The van der Waals surface area contributed by atoms with Gasteiger partial charge in [0.05, 0.1) is 11.0 Å². The van der Waals surface area contributed by atoms with Crippen LogP contribution in [0.25, 0.3) is 32.8 Å². The number of hydrogen-bond donors (Lipinski definition) is 1. The Bertz CT molecular complexity index is 846. The van der Waals surface area contributed by atoms with Crippen LogP contribution in [0.4, 0.5) is 0 Å². The first kappa shape index (κ1) is 8.70. The van der Waals surface area contributed by atoms with E-state index in [-0.39, 0.29) is 0 Å². The number of fused-ring (bicyclic) bond motifs is 5. The van der Waals surface area contributed by atoms with Gasteiger partial charge in [-0.1, -0.05) is 18.2 Å². The molecule has 0 bridgehead atoms. The molecule has 3 aromatic heterocycles. The van der Waals surface area contributed by atoms with E-state index in [4.69, 9.17) is 0 Å². The minimum absolute atomic E-state index is 0.917. The van der Waals surface area contributed by atoms with E-state index in [2.05, 4.69) is 27.1 Å². The van der Waals surface area contributed by atoms with E-state index in [9.17, 15) is 0 Å². The zero-order valence-electron chi connectivity index (χ0n) is 9.01. The van der Waals surface area contributed by atoms with Crippen molar-refractivity contribution >= 4 is 32.8 Å². The molecule has 3 heteroatoms. The van der Waals surface area contributed by atoms with E-state index in [0.717, 1.165) is 32.8 Å². The third-order valence-corrected chi connectivity index (χ3v) is 3.12. The molecule has 0 aliphatic rings. The number of benzene rings is 1. The quantitative estimate of drug-likeness (QED) is 0.493. The molecule has 3 nitrogen and oxygen atoms in total. The van der Waals surface area contributed by atoms with Crippen LogP contribution in [-0.4, -0.2) is 15.0 Å². The second kappa shape index (κ2) is 3.04. The molecule has 17 heavy (non-hydrogen) atoms. The molecular weight excluding hydrogens is 210 g/mol. The lowest BCUT2D eigenvalue weighted by Gasteiger charge is -1.97. The van der Waals surface area contributed by atoms with Gasteiger partial charge in [0.15, 0.2) is 0 Å². The Kier molecular flexibility index (Phi) is 1.56. The molecule has 4 aromatic rings. The Morgan fingerprint density at radius 2 is 1.71 bits per heavy atom. The first-order valence-corrected chi connectivity index (χ1v) is 5.53. The molecule has 0 amide bonds. The zero-order chi connectivity index (χ0) is 11.2. The van der Waals surface area contributed by atoms with Gasteiger partial charge in [0, 0.05) is 28.6 Å². The molecule has 0 unspecified atom stereocenters. The Morgan fingerprint density at radius 3 is 2.71 bits per heavy atom. The minimum Gasteiger partial charge on any atom is -0.339 e. The summed E-state index contributed by atoms with van der Waals surface area (Å²) < 4.78 is 0. The summed E-state index contributed by atoms with van der Waals surface area (Å²) in [7, 11) is 0. The molecule has 3 heterocycles. The van der Waals surface area contributed by atoms with Gasteiger partial charge in [0.1, 0.15) is 5.65 Å². The number of pyridine rings is 2. The van der Waals surface area contributed by atoms with Crippen molar-refractivity contribution in [2.45, 2.75) is 0 Å². The van der Waals surface area contributed by atoms with Crippen molar-refractivity contribution in [3.63, 3.8) is 0 Å². The fraction of sp³-hybridized carbons (Fsp3) is 0. The largest absolute Gasteiger partial charge is 0.339 e. The molecule has 0 spiro atoms. The number of hydrogen-bond acceptors (Lipinski definition) is 2. The maximum absolute atomic E-state index is 4.48. The average molecular weight is 219 g/mol. The van der Waals surface area contributed by atoms with E-state index < -0.39 is 0 Å². The lowest BCUT2D eigenvalue weighted by Crippen LogP contribution is -1.79. The highest BCUT2D eigenvalue weighted by Gasteiger charge is 2.07. The predicted molar refractivity (Wildman–Crippen MR) is 68.9 cm³/mol. The summed E-state index contributed by atoms with van der Waals surface area (Å²) in [4.78, 5) is 12.2. The smallest absolute Gasteiger partial charge is 0.138 e. The molecule has 0 aliphatic heterocycles. The average Bonchev–Trinajstić information content (AvgIpc) is 2.78. The van der Waals surface area contributed by atoms with Gasteiger partial charge < -0.3 is 4.98 Å². The molecular formula is C14H9N3. The number of para-hydroxylation sites is 1. The molecule has 0 aliphatic carbocycles. The van der Waals surface area contributed by atoms with Crippen molar-refractivity contribution < 1.29 is 0 Å². The van der Waals surface area contributed by atoms with Crippen molar-refractivity contribution in [3.05, 3.63) is 48.8 Å². The second-order valence-corrected chi connectivity index (χ2v) is 4.09. The topological polar surface area (TPSA) is 41.6 Å². The van der Waals surface area contributed by atoms with Gasteiger partial charge in [0.25, 0.3) is 0 Å². The van der Waals surface area contributed by atoms with Gasteiger partial charge in [-0.05, 0) is 18.2 Å². The van der Waals surface area contributed by atoms with Gasteiger partial charge in [-0.2, -0.15) is 0 Å². The van der Waals surface area contributed by atoms with Crippen LogP contribution in [-0.2, 0) is 0 Å². The first-order valence-electron chi connectivity index (χ1n) is 5.53. The van der Waals surface area contributed by atoms with Crippen molar-refractivity contribution in [3.8, 4) is 0 Å². The number of aromatic nitrogens is 3. The highest BCUT2D eigenvalue weighted by atomic mass is 14.9. The fourth-order valence-corrected chi connectivity index (χ4v) is 2.32. The van der Waals surface area contributed by atoms with Crippen LogP contribution in [0.5, 0.6) is 0 Å². The maximum Gasteiger partial charge on any atom is 0.138 e. The SMILES string of the molecule is c1ccc2c(c1)ncc1c3cccnc3[nH]c21. The standard InChI is InChI=1S/C14H9N3/c1-2-6-12-10(4-1)13-11(8-16-12)9-5-3-7-15-14(9)17-13/h1-8H,(H,15,17). The Morgan fingerprint density at radius 1 is 0.824 bits per heavy atom. The first-order chi connectivity index (χ1) is 8.43. The van der Waals surface area contributed by atoms with Crippen molar-refractivity contribution in [2.24, 2.45) is 0 Å². The van der Waals surface area contributed by atoms with Crippen molar-refractivity contribution in [2.75, 3.05) is 0 Å². The Labute approximate surface area is 97.1 Å². The summed E-state index contributed by atoms with van der Waals surface area (Å²) >= 11 is 0. The van der Waals surface area contributed by atoms with Crippen molar-refractivity contribution in [1.29, 1.82) is 0 Å². The van der Waals surface area contributed by atoms with Gasteiger partial charge >= 0.3 is 0 Å². The summed E-state index contributed by atoms with van der Waals surface area (Å²) in [6.45, 7) is 0. The summed E-state index contributed by atoms with van der Waals surface area (Å²) in [6.07, 6.45) is 3.71. The lowest BCUT2D eigenvalue weighted by molar-refractivity contribution is 1.35. The lowest BCUT2D eigenvalue weighted by atomic mass is 10.1.